The lowest BCUT2D eigenvalue weighted by molar-refractivity contribution is -0.159. The third-order valence-electron chi connectivity index (χ3n) is 12.1. The molecule has 0 radical (unpaired) electrons. The lowest BCUT2D eigenvalue weighted by atomic mass is 10.0. The number of carboxylic acid groups (broad SMARTS) is 2. The first-order chi connectivity index (χ1) is 35.0. The molecule has 20 nitrogen and oxygen atoms in total. The molecule has 2 atom stereocenters. The molecule has 0 amide bonds. The maximum Gasteiger partial charge on any atom is 0.414 e. The van der Waals surface area contributed by atoms with E-state index in [9.17, 15) is 0 Å². The van der Waals surface area contributed by atoms with Gasteiger partial charge in [0.15, 0.2) is 23.0 Å². The molecule has 6 heterocycles. The molecule has 6 N–H and O–H groups in total. The minimum absolute atomic E-state index is 0.0727. The molecule has 0 bridgehead atoms. The molecule has 0 saturated carbocycles. The van der Waals surface area contributed by atoms with Crippen LogP contribution in [0.5, 0.6) is 46.0 Å². The fourth-order valence-corrected chi connectivity index (χ4v) is 9.05. The molecule has 4 aliphatic heterocycles. The predicted molar refractivity (Wildman–Crippen MR) is 268 cm³/mol. The summed E-state index contributed by atoms with van der Waals surface area (Å²) in [6, 6.07) is 15.6. The van der Waals surface area contributed by atoms with Gasteiger partial charge in [-0.3, -0.25) is 0 Å². The molecular weight excluding hydrogens is 979 g/mol. The highest BCUT2D eigenvalue weighted by molar-refractivity contribution is 6.31. The van der Waals surface area contributed by atoms with Gasteiger partial charge in [0.25, 0.3) is 0 Å². The van der Waals surface area contributed by atoms with Crippen molar-refractivity contribution in [1.29, 1.82) is 0 Å². The summed E-state index contributed by atoms with van der Waals surface area (Å²) in [7, 11) is 6.46. The fraction of sp³-hybridized carbons (Fsp3) is 0.360. The maximum absolute atomic E-state index is 9.10. The summed E-state index contributed by atoms with van der Waals surface area (Å²) < 4.78 is 44.4. The SMILES string of the molecule is COc1cc(CC2CC(CNCCc3c[nH]c4ccc(Cl)cc34)=NO2)c(OC)c2c1OCO2.COc1cc(CC2CC(CNCCc3c[nH]c4ccc(Cl)cc34)=NO2)c(OC)c2c1OCO2.O=C(O)C(=O)O. The third-order valence-corrected chi connectivity index (χ3v) is 12.5. The number of benzene rings is 4. The molecule has 2 unspecified atom stereocenters. The Kier molecular flexibility index (Phi) is 16.9. The Balaban J connectivity index is 0.000000173. The smallest absolute Gasteiger partial charge is 0.414 e. The molecule has 10 rings (SSSR count). The first-order valence-corrected chi connectivity index (χ1v) is 23.6. The lowest BCUT2D eigenvalue weighted by Gasteiger charge is -2.15. The van der Waals surface area contributed by atoms with Crippen molar-refractivity contribution < 1.29 is 67.4 Å². The molecule has 382 valence electrons. The number of ether oxygens (including phenoxy) is 8. The lowest BCUT2D eigenvalue weighted by Crippen LogP contribution is -2.25. The van der Waals surface area contributed by atoms with E-state index in [1.54, 1.807) is 28.4 Å². The van der Waals surface area contributed by atoms with Crippen LogP contribution in [0.2, 0.25) is 10.0 Å². The van der Waals surface area contributed by atoms with Gasteiger partial charge in [-0.1, -0.05) is 33.5 Å². The van der Waals surface area contributed by atoms with Gasteiger partial charge in [-0.15, -0.1) is 0 Å². The second-order valence-corrected chi connectivity index (χ2v) is 17.6. The van der Waals surface area contributed by atoms with Gasteiger partial charge in [0.05, 0.1) is 39.9 Å². The van der Waals surface area contributed by atoms with E-state index in [1.807, 2.05) is 60.9 Å². The van der Waals surface area contributed by atoms with Crippen LogP contribution in [0.1, 0.15) is 35.1 Å². The van der Waals surface area contributed by atoms with Crippen molar-refractivity contribution in [3.63, 3.8) is 0 Å². The maximum atomic E-state index is 9.10. The van der Waals surface area contributed by atoms with Gasteiger partial charge in [-0.2, -0.15) is 0 Å². The molecule has 4 aromatic carbocycles. The Bertz CT molecular complexity index is 2780. The van der Waals surface area contributed by atoms with Gasteiger partial charge in [0, 0.05) is 94.1 Å². The Hall–Kier alpha value is -7.26. The number of carboxylic acids is 2. The molecule has 2 aromatic heterocycles. The number of aliphatic carboxylic acids is 2. The number of oxime groups is 2. The Labute approximate surface area is 423 Å². The molecule has 0 fully saturated rings. The average Bonchev–Trinajstić information content (AvgIpc) is 4.26. The summed E-state index contributed by atoms with van der Waals surface area (Å²) in [4.78, 5) is 36.2. The predicted octanol–water partition coefficient (Wildman–Crippen LogP) is 7.33. The highest BCUT2D eigenvalue weighted by Crippen LogP contribution is 2.51. The standard InChI is InChI=1S/2C24H26ClN3O5.C2H2O4/c2*1-29-21-8-15(22(30-2)24-23(21)31-13-32-24)7-18-10-17(28-33-18)12-26-6-5-14-11-27-20-4-3-16(25)9-19(14)20;3-1(4)2(5)6/h2*3-4,8-9,11,18,26-27H,5-7,10,12-13H2,1-2H3;(H,3,4)(H,5,6). The van der Waals surface area contributed by atoms with Gasteiger partial charge < -0.3 is 78.4 Å². The van der Waals surface area contributed by atoms with E-state index in [0.717, 1.165) is 82.4 Å². The van der Waals surface area contributed by atoms with E-state index < -0.39 is 11.9 Å². The third kappa shape index (κ3) is 12.1. The largest absolute Gasteiger partial charge is 0.493 e. The molecule has 0 spiro atoms. The Morgan fingerprint density at radius 2 is 1.03 bits per heavy atom. The number of fused-ring (bicyclic) bond motifs is 4. The molecule has 6 aromatic rings. The quantitative estimate of drug-likeness (QED) is 0.0364. The second-order valence-electron chi connectivity index (χ2n) is 16.7. The van der Waals surface area contributed by atoms with E-state index in [0.29, 0.717) is 71.9 Å². The number of nitrogens with one attached hydrogen (secondary N) is 4. The van der Waals surface area contributed by atoms with Crippen molar-refractivity contribution in [3.8, 4) is 46.0 Å². The van der Waals surface area contributed by atoms with Gasteiger partial charge in [0.1, 0.15) is 12.2 Å². The number of carbonyl (C=O) groups is 2. The number of aromatic amines is 2. The molecule has 72 heavy (non-hydrogen) atoms. The van der Waals surface area contributed by atoms with E-state index in [-0.39, 0.29) is 25.8 Å². The van der Waals surface area contributed by atoms with E-state index in [4.69, 9.17) is 90.6 Å². The number of hydrogen-bond donors (Lipinski definition) is 6. The summed E-state index contributed by atoms with van der Waals surface area (Å²) in [5.41, 5.74) is 8.54. The van der Waals surface area contributed by atoms with Gasteiger partial charge in [-0.05, 0) is 85.6 Å². The zero-order chi connectivity index (χ0) is 50.7. The zero-order valence-electron chi connectivity index (χ0n) is 39.9. The molecule has 0 aliphatic carbocycles. The Morgan fingerprint density at radius 3 is 1.42 bits per heavy atom. The number of nitrogens with zero attached hydrogens (tertiary/aromatic N) is 2. The summed E-state index contributed by atoms with van der Waals surface area (Å²) in [6.07, 6.45) is 8.47. The van der Waals surface area contributed by atoms with E-state index in [1.165, 1.54) is 21.9 Å². The van der Waals surface area contributed by atoms with Crippen LogP contribution >= 0.6 is 23.2 Å². The van der Waals surface area contributed by atoms with Crippen molar-refractivity contribution in [1.82, 2.24) is 20.6 Å². The van der Waals surface area contributed by atoms with E-state index >= 15 is 0 Å². The van der Waals surface area contributed by atoms with Crippen molar-refractivity contribution in [2.24, 2.45) is 10.3 Å². The van der Waals surface area contributed by atoms with Crippen molar-refractivity contribution >= 4 is 68.4 Å². The van der Waals surface area contributed by atoms with Crippen LogP contribution in [0.4, 0.5) is 0 Å². The number of methoxy groups -OCH3 is 4. The first-order valence-electron chi connectivity index (χ1n) is 22.8. The minimum Gasteiger partial charge on any atom is -0.493 e. The topological polar surface area (TPSA) is 247 Å². The number of rotatable bonds is 18. The molecule has 4 aliphatic rings. The van der Waals surface area contributed by atoms with Crippen LogP contribution < -0.4 is 48.5 Å². The summed E-state index contributed by atoms with van der Waals surface area (Å²) in [5, 5.41) is 34.1. The van der Waals surface area contributed by atoms with E-state index in [2.05, 4.69) is 30.9 Å². The Morgan fingerprint density at radius 1 is 0.611 bits per heavy atom. The first kappa shape index (κ1) is 51.1. The number of H-pyrrole nitrogens is 2. The number of aromatic nitrogens is 2. The zero-order valence-corrected chi connectivity index (χ0v) is 41.4. The minimum atomic E-state index is -1.82. The van der Waals surface area contributed by atoms with Gasteiger partial charge >= 0.3 is 11.9 Å². The van der Waals surface area contributed by atoms with Crippen LogP contribution in [0.25, 0.3) is 21.8 Å². The molecular formula is C50H54Cl2N6O14. The number of halogens is 2. The van der Waals surface area contributed by atoms with Crippen molar-refractivity contribution in [2.75, 3.05) is 68.2 Å². The summed E-state index contributed by atoms with van der Waals surface area (Å²) >= 11 is 12.3. The molecule has 22 heteroatoms. The van der Waals surface area contributed by atoms with Crippen LogP contribution in [0.3, 0.4) is 0 Å². The van der Waals surface area contributed by atoms with Crippen molar-refractivity contribution in [3.05, 3.63) is 93.2 Å². The molecule has 0 saturated heterocycles. The van der Waals surface area contributed by atoms with Crippen molar-refractivity contribution in [2.45, 2.75) is 50.7 Å². The number of hydrogen-bond acceptors (Lipinski definition) is 16. The monoisotopic (exact) mass is 1030 g/mol. The second kappa shape index (κ2) is 23.8. The van der Waals surface area contributed by atoms with Crippen LogP contribution in [0, 0.1) is 0 Å². The summed E-state index contributed by atoms with van der Waals surface area (Å²) in [6.45, 7) is 3.32. The fourth-order valence-electron chi connectivity index (χ4n) is 8.70. The van der Waals surface area contributed by atoms with Crippen LogP contribution in [-0.2, 0) is 44.9 Å². The van der Waals surface area contributed by atoms with Crippen LogP contribution in [-0.4, -0.2) is 124 Å². The summed E-state index contributed by atoms with van der Waals surface area (Å²) in [5.74, 6) is 1.19. The highest BCUT2D eigenvalue weighted by atomic mass is 35.5. The van der Waals surface area contributed by atoms with Gasteiger partial charge in [0.2, 0.25) is 36.6 Å². The highest BCUT2D eigenvalue weighted by Gasteiger charge is 2.32. The van der Waals surface area contributed by atoms with Gasteiger partial charge in [-0.25, -0.2) is 9.59 Å². The van der Waals surface area contributed by atoms with Crippen LogP contribution in [0.15, 0.2) is 71.2 Å². The normalized spacial score (nSPS) is 15.9. The average molecular weight is 1030 g/mol.